The second kappa shape index (κ2) is 8.41. The van der Waals surface area contributed by atoms with Crippen LogP contribution < -0.4 is 10.6 Å². The predicted octanol–water partition coefficient (Wildman–Crippen LogP) is 4.01. The monoisotopic (exact) mass is 353 g/mol. The Kier molecular flexibility index (Phi) is 5.77. The van der Waals surface area contributed by atoms with Gasteiger partial charge in [-0.15, -0.1) is 11.3 Å². The minimum atomic E-state index is -0.178. The number of amides is 1. The molecule has 0 aliphatic carbocycles. The van der Waals surface area contributed by atoms with Gasteiger partial charge in [0.15, 0.2) is 5.13 Å². The molecule has 0 unspecified atom stereocenters. The zero-order chi connectivity index (χ0) is 17.5. The van der Waals surface area contributed by atoms with Gasteiger partial charge in [0.2, 0.25) is 5.91 Å². The zero-order valence-corrected chi connectivity index (χ0v) is 14.7. The number of nitrogens with one attached hydrogen (secondary N) is 2. The Labute approximate surface area is 150 Å². The van der Waals surface area contributed by atoms with Crippen LogP contribution >= 0.6 is 11.3 Å². The van der Waals surface area contributed by atoms with Gasteiger partial charge in [-0.2, -0.15) is 0 Å². The molecule has 0 saturated heterocycles. The molecule has 0 fully saturated rings. The lowest BCUT2D eigenvalue weighted by molar-refractivity contribution is -0.121. The molecule has 25 heavy (non-hydrogen) atoms. The number of nitrogens with zero attached hydrogens (tertiary/aromatic N) is 1. The van der Waals surface area contributed by atoms with Gasteiger partial charge in [-0.3, -0.25) is 4.79 Å². The number of carbonyl (C=O) groups is 1. The lowest BCUT2D eigenvalue weighted by Crippen LogP contribution is -2.18. The standard InChI is InChI=1S/C19H19N3O2S/c1-20-19-22-17(13-25-19)15-8-5-9-16(10-15)21-18(23)12-24-11-14-6-3-2-4-7-14/h2-10,13H,11-12H2,1H3,(H,20,22)(H,21,23). The Morgan fingerprint density at radius 3 is 2.76 bits per heavy atom. The van der Waals surface area contributed by atoms with Crippen LogP contribution in [0.25, 0.3) is 11.3 Å². The Morgan fingerprint density at radius 2 is 2.00 bits per heavy atom. The van der Waals surface area contributed by atoms with E-state index in [0.29, 0.717) is 6.61 Å². The number of ether oxygens (including phenoxy) is 1. The molecule has 0 bridgehead atoms. The van der Waals surface area contributed by atoms with E-state index in [4.69, 9.17) is 4.74 Å². The van der Waals surface area contributed by atoms with Crippen LogP contribution in [0, 0.1) is 0 Å². The van der Waals surface area contributed by atoms with Crippen molar-refractivity contribution in [2.75, 3.05) is 24.3 Å². The van der Waals surface area contributed by atoms with Crippen molar-refractivity contribution in [2.45, 2.75) is 6.61 Å². The first-order chi connectivity index (χ1) is 12.2. The van der Waals surface area contributed by atoms with Crippen LogP contribution in [0.3, 0.4) is 0 Å². The van der Waals surface area contributed by atoms with E-state index in [2.05, 4.69) is 15.6 Å². The van der Waals surface area contributed by atoms with Crippen molar-refractivity contribution >= 4 is 28.1 Å². The average molecular weight is 353 g/mol. The third-order valence-electron chi connectivity index (χ3n) is 3.50. The summed E-state index contributed by atoms with van der Waals surface area (Å²) >= 11 is 1.54. The molecule has 6 heteroatoms. The molecule has 0 saturated carbocycles. The van der Waals surface area contributed by atoms with Gasteiger partial charge >= 0.3 is 0 Å². The first-order valence-electron chi connectivity index (χ1n) is 7.90. The first kappa shape index (κ1) is 17.1. The number of anilines is 2. The maximum Gasteiger partial charge on any atom is 0.250 e. The molecule has 1 aromatic heterocycles. The summed E-state index contributed by atoms with van der Waals surface area (Å²) in [6, 6.07) is 17.4. The van der Waals surface area contributed by atoms with Gasteiger partial charge in [-0.05, 0) is 17.7 Å². The van der Waals surface area contributed by atoms with E-state index in [-0.39, 0.29) is 12.5 Å². The minimum absolute atomic E-state index is 0.0136. The number of aromatic nitrogens is 1. The molecule has 3 rings (SSSR count). The van der Waals surface area contributed by atoms with Crippen LogP contribution in [0.1, 0.15) is 5.56 Å². The van der Waals surface area contributed by atoms with Gasteiger partial charge in [0.1, 0.15) is 6.61 Å². The fourth-order valence-corrected chi connectivity index (χ4v) is 2.99. The molecule has 5 nitrogen and oxygen atoms in total. The number of benzene rings is 2. The second-order valence-corrected chi connectivity index (χ2v) is 6.25. The number of rotatable bonds is 7. The van der Waals surface area contributed by atoms with Crippen molar-refractivity contribution in [3.8, 4) is 11.3 Å². The molecule has 0 aliphatic heterocycles. The Hall–Kier alpha value is -2.70. The highest BCUT2D eigenvalue weighted by atomic mass is 32.1. The molecule has 3 aromatic rings. The Morgan fingerprint density at radius 1 is 1.16 bits per heavy atom. The van der Waals surface area contributed by atoms with E-state index >= 15 is 0 Å². The van der Waals surface area contributed by atoms with Crippen LogP contribution in [0.15, 0.2) is 60.0 Å². The molecule has 2 N–H and O–H groups in total. The summed E-state index contributed by atoms with van der Waals surface area (Å²) < 4.78 is 5.46. The van der Waals surface area contributed by atoms with E-state index in [1.54, 1.807) is 11.3 Å². The van der Waals surface area contributed by atoms with Crippen molar-refractivity contribution in [3.63, 3.8) is 0 Å². The Bertz CT molecular complexity index is 833. The highest BCUT2D eigenvalue weighted by molar-refractivity contribution is 7.14. The van der Waals surface area contributed by atoms with Gasteiger partial charge in [0, 0.05) is 23.7 Å². The summed E-state index contributed by atoms with van der Waals surface area (Å²) in [6.07, 6.45) is 0. The van der Waals surface area contributed by atoms with Gasteiger partial charge in [-0.1, -0.05) is 42.5 Å². The van der Waals surface area contributed by atoms with Crippen molar-refractivity contribution in [1.82, 2.24) is 4.98 Å². The Balaban J connectivity index is 1.55. The van der Waals surface area contributed by atoms with Crippen LogP contribution in [-0.2, 0) is 16.1 Å². The molecule has 1 heterocycles. The van der Waals surface area contributed by atoms with E-state index in [1.165, 1.54) is 0 Å². The summed E-state index contributed by atoms with van der Waals surface area (Å²) in [6.45, 7) is 0.430. The highest BCUT2D eigenvalue weighted by Crippen LogP contribution is 2.26. The van der Waals surface area contributed by atoms with Crippen molar-refractivity contribution in [3.05, 3.63) is 65.5 Å². The van der Waals surface area contributed by atoms with Crippen molar-refractivity contribution in [1.29, 1.82) is 0 Å². The van der Waals surface area contributed by atoms with Crippen molar-refractivity contribution < 1.29 is 9.53 Å². The zero-order valence-electron chi connectivity index (χ0n) is 13.9. The average Bonchev–Trinajstić information content (AvgIpc) is 3.12. The third kappa shape index (κ3) is 4.89. The van der Waals surface area contributed by atoms with Crippen molar-refractivity contribution in [2.24, 2.45) is 0 Å². The molecular formula is C19H19N3O2S. The normalized spacial score (nSPS) is 10.4. The smallest absolute Gasteiger partial charge is 0.250 e. The number of carbonyl (C=O) groups excluding carboxylic acids is 1. The molecular weight excluding hydrogens is 334 g/mol. The molecule has 128 valence electrons. The third-order valence-corrected chi connectivity index (χ3v) is 4.36. The van der Waals surface area contributed by atoms with Crippen LogP contribution in [0.5, 0.6) is 0 Å². The maximum atomic E-state index is 12.0. The molecule has 2 aromatic carbocycles. The molecule has 0 aliphatic rings. The van der Waals surface area contributed by atoms with Gasteiger partial charge < -0.3 is 15.4 Å². The first-order valence-corrected chi connectivity index (χ1v) is 8.78. The summed E-state index contributed by atoms with van der Waals surface area (Å²) in [4.78, 5) is 16.5. The minimum Gasteiger partial charge on any atom is -0.367 e. The molecule has 0 radical (unpaired) electrons. The van der Waals surface area contributed by atoms with Gasteiger partial charge in [0.25, 0.3) is 0 Å². The van der Waals surface area contributed by atoms with Crippen LogP contribution in [0.2, 0.25) is 0 Å². The topological polar surface area (TPSA) is 63.2 Å². The summed E-state index contributed by atoms with van der Waals surface area (Å²) in [5.74, 6) is -0.178. The van der Waals surface area contributed by atoms with Crippen LogP contribution in [-0.4, -0.2) is 24.5 Å². The number of hydrogen-bond acceptors (Lipinski definition) is 5. The highest BCUT2D eigenvalue weighted by Gasteiger charge is 2.07. The predicted molar refractivity (Wildman–Crippen MR) is 102 cm³/mol. The summed E-state index contributed by atoms with van der Waals surface area (Å²) in [7, 11) is 1.84. The SMILES string of the molecule is CNc1nc(-c2cccc(NC(=O)COCc3ccccc3)c2)cs1. The maximum absolute atomic E-state index is 12.0. The fraction of sp³-hybridized carbons (Fsp3) is 0.158. The summed E-state index contributed by atoms with van der Waals surface area (Å²) in [5, 5.41) is 8.72. The molecule has 0 spiro atoms. The van der Waals surface area contributed by atoms with E-state index in [1.807, 2.05) is 67.0 Å². The van der Waals surface area contributed by atoms with Gasteiger partial charge in [0.05, 0.1) is 12.3 Å². The molecule has 1 amide bonds. The van der Waals surface area contributed by atoms with E-state index in [0.717, 1.165) is 27.6 Å². The molecule has 0 atom stereocenters. The lowest BCUT2D eigenvalue weighted by Gasteiger charge is -2.07. The van der Waals surface area contributed by atoms with E-state index in [9.17, 15) is 4.79 Å². The number of thiazole rings is 1. The van der Waals surface area contributed by atoms with Gasteiger partial charge in [-0.25, -0.2) is 4.98 Å². The fourth-order valence-electron chi connectivity index (χ4n) is 2.31. The second-order valence-electron chi connectivity index (χ2n) is 5.40. The quantitative estimate of drug-likeness (QED) is 0.674. The largest absolute Gasteiger partial charge is 0.367 e. The lowest BCUT2D eigenvalue weighted by atomic mass is 10.1. The summed E-state index contributed by atoms with van der Waals surface area (Å²) in [5.41, 5.74) is 3.61. The number of hydrogen-bond donors (Lipinski definition) is 2. The van der Waals surface area contributed by atoms with E-state index < -0.39 is 0 Å². The van der Waals surface area contributed by atoms with Crippen LogP contribution in [0.4, 0.5) is 10.8 Å².